The van der Waals surface area contributed by atoms with E-state index in [9.17, 15) is 19.2 Å². The third kappa shape index (κ3) is 3.32. The zero-order chi connectivity index (χ0) is 22.8. The van der Waals surface area contributed by atoms with Crippen molar-refractivity contribution in [1.29, 1.82) is 0 Å². The van der Waals surface area contributed by atoms with Crippen LogP contribution in [0.3, 0.4) is 0 Å². The van der Waals surface area contributed by atoms with Gasteiger partial charge in [-0.2, -0.15) is 0 Å². The van der Waals surface area contributed by atoms with Crippen molar-refractivity contribution in [3.05, 3.63) is 34.9 Å². The van der Waals surface area contributed by atoms with Crippen molar-refractivity contribution in [2.45, 2.75) is 57.4 Å². The zero-order valence-electron chi connectivity index (χ0n) is 18.3. The lowest BCUT2D eigenvalue weighted by Crippen LogP contribution is -2.66. The molecular weight excluding hydrogens is 414 g/mol. The predicted molar refractivity (Wildman–Crippen MR) is 113 cm³/mol. The maximum atomic E-state index is 13.3. The van der Waals surface area contributed by atoms with Crippen LogP contribution in [0.2, 0.25) is 0 Å². The molecular formula is C23H25N3O6. The van der Waals surface area contributed by atoms with E-state index in [0.29, 0.717) is 30.8 Å². The summed E-state index contributed by atoms with van der Waals surface area (Å²) < 4.78 is 11.7. The molecule has 1 aromatic carbocycles. The molecule has 4 heterocycles. The molecule has 4 aliphatic heterocycles. The molecule has 0 saturated carbocycles. The van der Waals surface area contributed by atoms with E-state index >= 15 is 0 Å². The van der Waals surface area contributed by atoms with Gasteiger partial charge in [0.2, 0.25) is 11.8 Å². The molecule has 4 aliphatic rings. The minimum absolute atomic E-state index is 0.206. The molecule has 0 bridgehead atoms. The summed E-state index contributed by atoms with van der Waals surface area (Å²) in [6, 6.07) is 3.09. The van der Waals surface area contributed by atoms with Gasteiger partial charge in [0.15, 0.2) is 5.60 Å². The van der Waals surface area contributed by atoms with E-state index in [4.69, 9.17) is 9.47 Å². The van der Waals surface area contributed by atoms with Gasteiger partial charge in [0.25, 0.3) is 5.91 Å². The van der Waals surface area contributed by atoms with Gasteiger partial charge >= 0.3 is 6.09 Å². The van der Waals surface area contributed by atoms with Crippen molar-refractivity contribution in [1.82, 2.24) is 15.1 Å². The summed E-state index contributed by atoms with van der Waals surface area (Å²) in [5, 5.41) is 2.32. The van der Waals surface area contributed by atoms with Crippen molar-refractivity contribution in [3.8, 4) is 5.75 Å². The minimum Gasteiger partial charge on any atom is -0.478 e. The first kappa shape index (κ1) is 20.5. The number of amides is 4. The molecule has 168 valence electrons. The molecule has 9 heteroatoms. The molecule has 1 atom stereocenters. The monoisotopic (exact) mass is 439 g/mol. The molecule has 0 aromatic heterocycles. The summed E-state index contributed by atoms with van der Waals surface area (Å²) in [7, 11) is 0. The molecule has 5 rings (SSSR count). The van der Waals surface area contributed by atoms with Gasteiger partial charge in [-0.1, -0.05) is 18.2 Å². The van der Waals surface area contributed by atoms with Gasteiger partial charge in [0.05, 0.1) is 18.7 Å². The average molecular weight is 439 g/mol. The third-order valence-corrected chi connectivity index (χ3v) is 6.12. The molecule has 2 fully saturated rings. The van der Waals surface area contributed by atoms with Gasteiger partial charge in [-0.25, -0.2) is 4.79 Å². The van der Waals surface area contributed by atoms with Crippen molar-refractivity contribution < 1.29 is 28.7 Å². The quantitative estimate of drug-likeness (QED) is 0.670. The van der Waals surface area contributed by atoms with Crippen molar-refractivity contribution >= 4 is 29.9 Å². The Morgan fingerprint density at radius 2 is 1.97 bits per heavy atom. The van der Waals surface area contributed by atoms with Crippen molar-refractivity contribution in [3.63, 3.8) is 0 Å². The Balaban J connectivity index is 1.36. The topological polar surface area (TPSA) is 105 Å². The zero-order valence-corrected chi connectivity index (χ0v) is 18.3. The number of carbonyl (C=O) groups is 4. The summed E-state index contributed by atoms with van der Waals surface area (Å²) in [4.78, 5) is 52.5. The van der Waals surface area contributed by atoms with Crippen molar-refractivity contribution in [2.75, 3.05) is 13.1 Å². The van der Waals surface area contributed by atoms with Crippen LogP contribution in [-0.4, -0.2) is 63.9 Å². The number of likely N-dealkylation sites (tertiary alicyclic amines) is 1. The summed E-state index contributed by atoms with van der Waals surface area (Å²) >= 11 is 0. The van der Waals surface area contributed by atoms with Gasteiger partial charge in [-0.05, 0) is 38.8 Å². The highest BCUT2D eigenvalue weighted by atomic mass is 16.6. The molecule has 9 nitrogen and oxygen atoms in total. The summed E-state index contributed by atoms with van der Waals surface area (Å²) in [5.41, 5.74) is 0.728. The Bertz CT molecular complexity index is 1080. The molecule has 0 radical (unpaired) electrons. The predicted octanol–water partition coefficient (Wildman–Crippen LogP) is 1.84. The summed E-state index contributed by atoms with van der Waals surface area (Å²) in [6.07, 6.45) is 3.94. The molecule has 1 spiro atoms. The van der Waals surface area contributed by atoms with Crippen LogP contribution in [0.25, 0.3) is 6.08 Å². The number of hydrogen-bond acceptors (Lipinski definition) is 6. The number of piperidine rings is 1. The summed E-state index contributed by atoms with van der Waals surface area (Å²) in [6.45, 7) is 6.39. The maximum absolute atomic E-state index is 13.3. The summed E-state index contributed by atoms with van der Waals surface area (Å²) in [5.74, 6) is -0.558. The SMILES string of the molecule is CC(C)(C)OC(=O)N1CC2(C=Cc3ccc4c(c3O2)C(=O)N(C2CCC(=O)NC2=O)C4)C1. The molecule has 0 aliphatic carbocycles. The van der Waals surface area contributed by atoms with Gasteiger partial charge in [0, 0.05) is 18.5 Å². The second-order valence-corrected chi connectivity index (χ2v) is 9.75. The van der Waals surface area contributed by atoms with Gasteiger partial charge < -0.3 is 14.4 Å². The van der Waals surface area contributed by atoms with Crippen LogP contribution in [0, 0.1) is 0 Å². The largest absolute Gasteiger partial charge is 0.478 e. The van der Waals surface area contributed by atoms with E-state index in [1.165, 1.54) is 4.90 Å². The highest BCUT2D eigenvalue weighted by molar-refractivity contribution is 6.07. The van der Waals surface area contributed by atoms with Crippen LogP contribution < -0.4 is 10.1 Å². The van der Waals surface area contributed by atoms with Crippen LogP contribution in [-0.2, 0) is 20.9 Å². The van der Waals surface area contributed by atoms with E-state index < -0.39 is 29.2 Å². The van der Waals surface area contributed by atoms with Crippen LogP contribution in [0.1, 0.15) is 55.1 Å². The number of nitrogens with one attached hydrogen (secondary N) is 1. The highest BCUT2D eigenvalue weighted by Crippen LogP contribution is 2.43. The van der Waals surface area contributed by atoms with Crippen LogP contribution in [0.5, 0.6) is 5.75 Å². The Labute approximate surface area is 185 Å². The van der Waals surface area contributed by atoms with E-state index in [0.717, 1.165) is 11.1 Å². The minimum atomic E-state index is -0.707. The number of hydrogen-bond donors (Lipinski definition) is 1. The van der Waals surface area contributed by atoms with E-state index in [1.54, 1.807) is 4.90 Å². The average Bonchev–Trinajstić information content (AvgIpc) is 3.01. The molecule has 1 N–H and O–H groups in total. The number of ether oxygens (including phenoxy) is 2. The Hall–Kier alpha value is -3.36. The van der Waals surface area contributed by atoms with Crippen LogP contribution >= 0.6 is 0 Å². The maximum Gasteiger partial charge on any atom is 0.410 e. The molecule has 4 amide bonds. The lowest BCUT2D eigenvalue weighted by atomic mass is 9.89. The molecule has 1 unspecified atom stereocenters. The molecule has 1 aromatic rings. The van der Waals surface area contributed by atoms with Gasteiger partial charge in [-0.15, -0.1) is 0 Å². The number of imide groups is 1. The first-order valence-electron chi connectivity index (χ1n) is 10.7. The smallest absolute Gasteiger partial charge is 0.410 e. The fourth-order valence-corrected chi connectivity index (χ4v) is 4.58. The second kappa shape index (κ2) is 6.82. The van der Waals surface area contributed by atoms with Crippen LogP contribution in [0.15, 0.2) is 18.2 Å². The number of benzene rings is 1. The highest BCUT2D eigenvalue weighted by Gasteiger charge is 2.50. The third-order valence-electron chi connectivity index (χ3n) is 6.12. The first-order valence-corrected chi connectivity index (χ1v) is 10.7. The Morgan fingerprint density at radius 1 is 1.22 bits per heavy atom. The number of fused-ring (bicyclic) bond motifs is 3. The number of nitrogens with zero attached hydrogens (tertiary/aromatic N) is 2. The fraction of sp³-hybridized carbons (Fsp3) is 0.478. The van der Waals surface area contributed by atoms with Gasteiger partial charge in [0.1, 0.15) is 17.4 Å². The lowest BCUT2D eigenvalue weighted by Gasteiger charge is -2.49. The van der Waals surface area contributed by atoms with E-state index in [2.05, 4.69) is 5.32 Å². The van der Waals surface area contributed by atoms with E-state index in [1.807, 2.05) is 45.1 Å². The Kier molecular flexibility index (Phi) is 4.38. The van der Waals surface area contributed by atoms with Crippen molar-refractivity contribution in [2.24, 2.45) is 0 Å². The lowest BCUT2D eigenvalue weighted by molar-refractivity contribution is -0.136. The second-order valence-electron chi connectivity index (χ2n) is 9.75. The molecule has 2 saturated heterocycles. The Morgan fingerprint density at radius 3 is 2.66 bits per heavy atom. The van der Waals surface area contributed by atoms with E-state index in [-0.39, 0.29) is 24.8 Å². The number of rotatable bonds is 1. The fourth-order valence-electron chi connectivity index (χ4n) is 4.58. The normalized spacial score (nSPS) is 23.3. The molecule has 32 heavy (non-hydrogen) atoms. The van der Waals surface area contributed by atoms with Gasteiger partial charge in [-0.3, -0.25) is 24.6 Å². The standard InChI is InChI=1S/C23H25N3O6/c1-22(2,3)32-21(30)25-11-23(12-25)9-8-13-4-5-14-10-26(20(29)17(14)18(13)31-23)15-6-7-16(27)24-19(15)28/h4-5,8-9,15H,6-7,10-12H2,1-3H3,(H,24,27,28). The number of carbonyl (C=O) groups excluding carboxylic acids is 4. The first-order chi connectivity index (χ1) is 15.1. The van der Waals surface area contributed by atoms with Crippen LogP contribution in [0.4, 0.5) is 4.79 Å².